The Hall–Kier alpha value is -3.03. The fourth-order valence-corrected chi connectivity index (χ4v) is 4.15. The van der Waals surface area contributed by atoms with E-state index >= 15 is 0 Å². The SMILES string of the molecule is COc1cc(NC(=O)N[C@H]2CCC[C@H]2n2ccnc2)ccc1N1CCCC1=O. The third-order valence-electron chi connectivity index (χ3n) is 5.51. The molecular weight excluding hydrogens is 358 g/mol. The number of anilines is 2. The van der Waals surface area contributed by atoms with Crippen molar-refractivity contribution >= 4 is 23.3 Å². The van der Waals surface area contributed by atoms with Crippen molar-refractivity contribution in [2.75, 3.05) is 23.9 Å². The third kappa shape index (κ3) is 3.67. The van der Waals surface area contributed by atoms with E-state index in [0.717, 1.165) is 31.4 Å². The molecule has 2 aliphatic rings. The number of benzene rings is 1. The molecule has 1 aliphatic heterocycles. The Kier molecular flexibility index (Phi) is 5.18. The van der Waals surface area contributed by atoms with Gasteiger partial charge in [-0.05, 0) is 37.8 Å². The summed E-state index contributed by atoms with van der Waals surface area (Å²) >= 11 is 0. The highest BCUT2D eigenvalue weighted by molar-refractivity contribution is 5.97. The van der Waals surface area contributed by atoms with Crippen LogP contribution in [0.3, 0.4) is 0 Å². The van der Waals surface area contributed by atoms with Crippen LogP contribution in [0.15, 0.2) is 36.9 Å². The molecular formula is C20H25N5O3. The minimum atomic E-state index is -0.246. The van der Waals surface area contributed by atoms with Gasteiger partial charge < -0.3 is 24.8 Å². The van der Waals surface area contributed by atoms with Crippen molar-refractivity contribution in [3.05, 3.63) is 36.9 Å². The molecule has 2 heterocycles. The van der Waals surface area contributed by atoms with Crippen LogP contribution in [0.2, 0.25) is 0 Å². The highest BCUT2D eigenvalue weighted by Gasteiger charge is 2.30. The molecule has 2 atom stereocenters. The van der Waals surface area contributed by atoms with Gasteiger partial charge in [-0.2, -0.15) is 0 Å². The van der Waals surface area contributed by atoms with Gasteiger partial charge in [0.2, 0.25) is 5.91 Å². The van der Waals surface area contributed by atoms with Crippen molar-refractivity contribution in [3.63, 3.8) is 0 Å². The van der Waals surface area contributed by atoms with Crippen molar-refractivity contribution in [1.29, 1.82) is 0 Å². The van der Waals surface area contributed by atoms with Gasteiger partial charge in [0.15, 0.2) is 0 Å². The van der Waals surface area contributed by atoms with E-state index in [2.05, 4.69) is 20.2 Å². The summed E-state index contributed by atoms with van der Waals surface area (Å²) < 4.78 is 7.51. The van der Waals surface area contributed by atoms with E-state index in [1.165, 1.54) is 0 Å². The normalized spacial score (nSPS) is 21.8. The molecule has 28 heavy (non-hydrogen) atoms. The molecule has 2 N–H and O–H groups in total. The minimum absolute atomic E-state index is 0.0672. The van der Waals surface area contributed by atoms with Crippen molar-refractivity contribution in [3.8, 4) is 5.75 Å². The van der Waals surface area contributed by atoms with Crippen LogP contribution in [0.25, 0.3) is 0 Å². The predicted molar refractivity (Wildman–Crippen MR) is 106 cm³/mol. The fourth-order valence-electron chi connectivity index (χ4n) is 4.15. The molecule has 8 heteroatoms. The molecule has 1 saturated heterocycles. The molecule has 0 radical (unpaired) electrons. The zero-order valence-electron chi connectivity index (χ0n) is 15.9. The summed E-state index contributed by atoms with van der Waals surface area (Å²) in [6, 6.07) is 5.42. The molecule has 1 aromatic carbocycles. The van der Waals surface area contributed by atoms with Crippen LogP contribution in [0.4, 0.5) is 16.2 Å². The summed E-state index contributed by atoms with van der Waals surface area (Å²) in [5, 5.41) is 5.96. The van der Waals surface area contributed by atoms with Crippen LogP contribution in [-0.2, 0) is 4.79 Å². The lowest BCUT2D eigenvalue weighted by atomic mass is 10.2. The van der Waals surface area contributed by atoms with Crippen LogP contribution in [0.5, 0.6) is 5.75 Å². The Balaban J connectivity index is 1.42. The lowest BCUT2D eigenvalue weighted by Crippen LogP contribution is -2.40. The van der Waals surface area contributed by atoms with E-state index in [-0.39, 0.29) is 24.0 Å². The van der Waals surface area contributed by atoms with E-state index in [1.807, 2.05) is 12.3 Å². The second-order valence-corrected chi connectivity index (χ2v) is 7.25. The van der Waals surface area contributed by atoms with Gasteiger partial charge in [-0.1, -0.05) is 0 Å². The van der Waals surface area contributed by atoms with Crippen molar-refractivity contribution in [1.82, 2.24) is 14.9 Å². The first-order chi connectivity index (χ1) is 13.7. The second kappa shape index (κ2) is 7.92. The molecule has 3 amide bonds. The Morgan fingerprint density at radius 2 is 2.18 bits per heavy atom. The van der Waals surface area contributed by atoms with Crippen molar-refractivity contribution < 1.29 is 14.3 Å². The summed E-state index contributed by atoms with van der Waals surface area (Å²) in [6.45, 7) is 0.694. The first-order valence-electron chi connectivity index (χ1n) is 9.69. The number of methoxy groups -OCH3 is 1. The third-order valence-corrected chi connectivity index (χ3v) is 5.51. The minimum Gasteiger partial charge on any atom is -0.494 e. The van der Waals surface area contributed by atoms with Gasteiger partial charge in [0.1, 0.15) is 5.75 Å². The van der Waals surface area contributed by atoms with E-state index in [9.17, 15) is 9.59 Å². The maximum Gasteiger partial charge on any atom is 0.319 e. The zero-order chi connectivity index (χ0) is 19.5. The summed E-state index contributed by atoms with van der Waals surface area (Å²) in [7, 11) is 1.57. The lowest BCUT2D eigenvalue weighted by molar-refractivity contribution is -0.117. The van der Waals surface area contributed by atoms with Crippen LogP contribution < -0.4 is 20.3 Å². The van der Waals surface area contributed by atoms with Gasteiger partial charge in [-0.25, -0.2) is 9.78 Å². The Labute approximate surface area is 163 Å². The number of hydrogen-bond donors (Lipinski definition) is 2. The number of carbonyl (C=O) groups excluding carboxylic acids is 2. The molecule has 4 rings (SSSR count). The van der Waals surface area contributed by atoms with Gasteiger partial charge in [-0.3, -0.25) is 4.79 Å². The topological polar surface area (TPSA) is 88.5 Å². The van der Waals surface area contributed by atoms with Gasteiger partial charge in [0.25, 0.3) is 0 Å². The largest absolute Gasteiger partial charge is 0.494 e. The van der Waals surface area contributed by atoms with Crippen LogP contribution >= 0.6 is 0 Å². The Bertz CT molecular complexity index is 852. The molecule has 8 nitrogen and oxygen atoms in total. The highest BCUT2D eigenvalue weighted by Crippen LogP contribution is 2.34. The van der Waals surface area contributed by atoms with E-state index in [4.69, 9.17) is 4.74 Å². The Morgan fingerprint density at radius 3 is 2.89 bits per heavy atom. The average Bonchev–Trinajstić information content (AvgIpc) is 3.43. The number of imidazole rings is 1. The standard InChI is InChI=1S/C20H25N5O3/c1-28-18-12-14(7-8-17(18)25-10-3-6-19(25)26)22-20(27)23-15-4-2-5-16(15)24-11-9-21-13-24/h7-9,11-13,15-16H,2-6,10H2,1H3,(H2,22,23,27)/t15-,16+/m0/s1. The number of nitrogens with zero attached hydrogens (tertiary/aromatic N) is 3. The van der Waals surface area contributed by atoms with E-state index in [0.29, 0.717) is 24.4 Å². The van der Waals surface area contributed by atoms with Gasteiger partial charge in [0.05, 0.1) is 31.2 Å². The molecule has 1 saturated carbocycles. The predicted octanol–water partition coefficient (Wildman–Crippen LogP) is 2.93. The van der Waals surface area contributed by atoms with E-state index in [1.54, 1.807) is 36.7 Å². The number of carbonyl (C=O) groups is 2. The zero-order valence-corrected chi connectivity index (χ0v) is 15.9. The monoisotopic (exact) mass is 383 g/mol. The van der Waals surface area contributed by atoms with Gasteiger partial charge in [0, 0.05) is 37.1 Å². The average molecular weight is 383 g/mol. The van der Waals surface area contributed by atoms with E-state index < -0.39 is 0 Å². The number of aromatic nitrogens is 2. The van der Waals surface area contributed by atoms with Gasteiger partial charge >= 0.3 is 6.03 Å². The number of hydrogen-bond acceptors (Lipinski definition) is 4. The molecule has 1 aliphatic carbocycles. The number of ether oxygens (including phenoxy) is 1. The lowest BCUT2D eigenvalue weighted by Gasteiger charge is -2.23. The molecule has 148 valence electrons. The molecule has 2 fully saturated rings. The molecule has 1 aromatic heterocycles. The fraction of sp³-hybridized carbons (Fsp3) is 0.450. The molecule has 0 unspecified atom stereocenters. The number of rotatable bonds is 5. The van der Waals surface area contributed by atoms with Crippen LogP contribution in [0, 0.1) is 0 Å². The maximum absolute atomic E-state index is 12.5. The van der Waals surface area contributed by atoms with Gasteiger partial charge in [-0.15, -0.1) is 0 Å². The quantitative estimate of drug-likeness (QED) is 0.831. The summed E-state index contributed by atoms with van der Waals surface area (Å²) in [6.07, 6.45) is 9.93. The first-order valence-corrected chi connectivity index (χ1v) is 9.69. The van der Waals surface area contributed by atoms with Crippen LogP contribution in [-0.4, -0.2) is 41.2 Å². The van der Waals surface area contributed by atoms with Crippen molar-refractivity contribution in [2.24, 2.45) is 0 Å². The summed E-state index contributed by atoms with van der Waals surface area (Å²) in [5.74, 6) is 0.675. The molecule has 0 bridgehead atoms. The second-order valence-electron chi connectivity index (χ2n) is 7.25. The number of urea groups is 1. The summed E-state index contributed by atoms with van der Waals surface area (Å²) in [4.78, 5) is 30.4. The van der Waals surface area contributed by atoms with Crippen LogP contribution in [0.1, 0.15) is 38.1 Å². The first kappa shape index (κ1) is 18.3. The molecule has 0 spiro atoms. The number of nitrogens with one attached hydrogen (secondary N) is 2. The smallest absolute Gasteiger partial charge is 0.319 e. The highest BCUT2D eigenvalue weighted by atomic mass is 16.5. The Morgan fingerprint density at radius 1 is 1.29 bits per heavy atom. The molecule has 2 aromatic rings. The number of amides is 3. The maximum atomic E-state index is 12.5. The van der Waals surface area contributed by atoms with Crippen molar-refractivity contribution in [2.45, 2.75) is 44.2 Å². The summed E-state index contributed by atoms with van der Waals surface area (Å²) in [5.41, 5.74) is 1.37.